The van der Waals surface area contributed by atoms with E-state index in [1.165, 1.54) is 34.0 Å². The second-order valence-corrected chi connectivity index (χ2v) is 8.91. The number of carbonyl (C=O) groups excluding carboxylic acids is 1. The number of para-hydroxylation sites is 1. The molecule has 1 aliphatic rings. The van der Waals surface area contributed by atoms with E-state index in [-0.39, 0.29) is 17.0 Å². The van der Waals surface area contributed by atoms with Crippen molar-refractivity contribution in [3.05, 3.63) is 50.9 Å². The second-order valence-electron chi connectivity index (χ2n) is 6.88. The third-order valence-corrected chi connectivity index (χ3v) is 7.00. The number of ether oxygens (including phenoxy) is 1. The van der Waals surface area contributed by atoms with Crippen LogP contribution in [0.4, 0.5) is 4.39 Å². The Morgan fingerprint density at radius 3 is 2.96 bits per heavy atom. The van der Waals surface area contributed by atoms with Crippen molar-refractivity contribution in [3.8, 4) is 5.69 Å². The molecule has 28 heavy (non-hydrogen) atoms. The zero-order chi connectivity index (χ0) is 19.8. The molecule has 0 spiro atoms. The number of esters is 1. The van der Waals surface area contributed by atoms with Crippen LogP contribution in [-0.4, -0.2) is 28.4 Å². The van der Waals surface area contributed by atoms with E-state index in [1.807, 2.05) is 0 Å². The fourth-order valence-corrected chi connectivity index (χ4v) is 5.76. The fourth-order valence-electron chi connectivity index (χ4n) is 3.50. The monoisotopic (exact) mass is 418 g/mol. The molecule has 1 aliphatic carbocycles. The van der Waals surface area contributed by atoms with Crippen LogP contribution >= 0.6 is 23.1 Å². The zero-order valence-electron chi connectivity index (χ0n) is 15.5. The van der Waals surface area contributed by atoms with Gasteiger partial charge >= 0.3 is 5.97 Å². The van der Waals surface area contributed by atoms with E-state index in [0.29, 0.717) is 21.3 Å². The van der Waals surface area contributed by atoms with Crippen molar-refractivity contribution < 1.29 is 13.9 Å². The van der Waals surface area contributed by atoms with Gasteiger partial charge < -0.3 is 4.74 Å². The summed E-state index contributed by atoms with van der Waals surface area (Å²) in [5, 5.41) is 0.872. The largest absolute Gasteiger partial charge is 0.468 e. The average molecular weight is 419 g/mol. The van der Waals surface area contributed by atoms with E-state index >= 15 is 0 Å². The number of carbonyl (C=O) groups is 1. The van der Waals surface area contributed by atoms with Gasteiger partial charge in [0.2, 0.25) is 0 Å². The maximum absolute atomic E-state index is 14.5. The molecule has 0 saturated heterocycles. The highest BCUT2D eigenvalue weighted by Crippen LogP contribution is 2.37. The number of methoxy groups -OCH3 is 1. The van der Waals surface area contributed by atoms with Gasteiger partial charge in [-0.25, -0.2) is 9.37 Å². The van der Waals surface area contributed by atoms with Gasteiger partial charge in [-0.2, -0.15) is 0 Å². The molecular formula is C20H19FN2O3S2. The molecule has 0 unspecified atom stereocenters. The molecule has 0 fully saturated rings. The summed E-state index contributed by atoms with van der Waals surface area (Å²) in [4.78, 5) is 31.6. The maximum Gasteiger partial charge on any atom is 0.316 e. The summed E-state index contributed by atoms with van der Waals surface area (Å²) in [5.74, 6) is -0.380. The van der Waals surface area contributed by atoms with Crippen molar-refractivity contribution in [1.82, 2.24) is 9.55 Å². The van der Waals surface area contributed by atoms with Crippen LogP contribution in [0.25, 0.3) is 15.9 Å². The van der Waals surface area contributed by atoms with Gasteiger partial charge in [0.25, 0.3) is 5.56 Å². The van der Waals surface area contributed by atoms with Crippen molar-refractivity contribution in [3.63, 3.8) is 0 Å². The Hall–Kier alpha value is -2.19. The summed E-state index contributed by atoms with van der Waals surface area (Å²) < 4.78 is 20.5. The number of fused-ring (bicyclic) bond motifs is 3. The second kappa shape index (κ2) is 7.67. The molecule has 1 atom stereocenters. The van der Waals surface area contributed by atoms with E-state index in [0.717, 1.165) is 36.6 Å². The third-order valence-electron chi connectivity index (χ3n) is 4.94. The molecule has 0 radical (unpaired) electrons. The number of thioether (sulfide) groups is 1. The summed E-state index contributed by atoms with van der Waals surface area (Å²) in [6.45, 7) is 2.20. The van der Waals surface area contributed by atoms with E-state index in [1.54, 1.807) is 18.2 Å². The number of hydrogen-bond donors (Lipinski definition) is 0. The first kappa shape index (κ1) is 19.1. The van der Waals surface area contributed by atoms with Gasteiger partial charge in [0.05, 0.1) is 23.9 Å². The standard InChI is InChI=1S/C20H19FN2O3S2/c1-11-7-8-12-15(9-11)28-18-17(12)19(25)23(14-6-4-3-5-13(14)21)20(22-18)27-10-16(24)26-2/h3-6,11H,7-10H2,1-2H3/t11-/m0/s1. The van der Waals surface area contributed by atoms with Crippen LogP contribution in [0.1, 0.15) is 23.8 Å². The molecule has 1 aromatic carbocycles. The minimum Gasteiger partial charge on any atom is -0.468 e. The van der Waals surface area contributed by atoms with Crippen LogP contribution in [-0.2, 0) is 22.4 Å². The third kappa shape index (κ3) is 3.35. The maximum atomic E-state index is 14.5. The van der Waals surface area contributed by atoms with Crippen LogP contribution in [0.2, 0.25) is 0 Å². The van der Waals surface area contributed by atoms with Gasteiger partial charge in [-0.1, -0.05) is 30.8 Å². The van der Waals surface area contributed by atoms with Crippen molar-refractivity contribution in [1.29, 1.82) is 0 Å². The van der Waals surface area contributed by atoms with Crippen LogP contribution in [0.3, 0.4) is 0 Å². The quantitative estimate of drug-likeness (QED) is 0.364. The minimum absolute atomic E-state index is 0.00891. The molecule has 2 heterocycles. The number of rotatable bonds is 4. The number of aromatic nitrogens is 2. The number of benzene rings is 1. The molecule has 0 bridgehead atoms. The normalized spacial score (nSPS) is 16.2. The Kier molecular flexibility index (Phi) is 5.25. The summed E-state index contributed by atoms with van der Waals surface area (Å²) in [6.07, 6.45) is 2.79. The molecule has 0 N–H and O–H groups in total. The van der Waals surface area contributed by atoms with E-state index in [4.69, 9.17) is 4.74 Å². The highest BCUT2D eigenvalue weighted by atomic mass is 32.2. The first-order valence-corrected chi connectivity index (χ1v) is 10.8. The van der Waals surface area contributed by atoms with Crippen LogP contribution in [0.15, 0.2) is 34.2 Å². The first-order valence-electron chi connectivity index (χ1n) is 9.01. The summed E-state index contributed by atoms with van der Waals surface area (Å²) in [7, 11) is 1.30. The summed E-state index contributed by atoms with van der Waals surface area (Å²) >= 11 is 2.61. The lowest BCUT2D eigenvalue weighted by Crippen LogP contribution is -2.24. The topological polar surface area (TPSA) is 61.2 Å². The van der Waals surface area contributed by atoms with Gasteiger partial charge in [-0.3, -0.25) is 14.2 Å². The van der Waals surface area contributed by atoms with Gasteiger partial charge in [-0.05, 0) is 42.9 Å². The highest BCUT2D eigenvalue weighted by molar-refractivity contribution is 7.99. The van der Waals surface area contributed by atoms with Crippen molar-refractivity contribution in [2.75, 3.05) is 12.9 Å². The molecular weight excluding hydrogens is 399 g/mol. The molecule has 3 aromatic rings. The highest BCUT2D eigenvalue weighted by Gasteiger charge is 2.26. The molecule has 0 saturated carbocycles. The van der Waals surface area contributed by atoms with E-state index in [2.05, 4.69) is 11.9 Å². The lowest BCUT2D eigenvalue weighted by Gasteiger charge is -2.18. The van der Waals surface area contributed by atoms with Gasteiger partial charge in [0, 0.05) is 4.88 Å². The smallest absolute Gasteiger partial charge is 0.316 e. The predicted octanol–water partition coefficient (Wildman–Crippen LogP) is 3.98. The molecule has 5 nitrogen and oxygen atoms in total. The number of nitrogens with zero attached hydrogens (tertiary/aromatic N) is 2. The van der Waals surface area contributed by atoms with Gasteiger partial charge in [-0.15, -0.1) is 11.3 Å². The zero-order valence-corrected chi connectivity index (χ0v) is 17.2. The Bertz CT molecular complexity index is 1120. The lowest BCUT2D eigenvalue weighted by atomic mass is 9.89. The molecule has 0 amide bonds. The Morgan fingerprint density at radius 2 is 2.21 bits per heavy atom. The number of halogens is 1. The Balaban J connectivity index is 1.95. The van der Waals surface area contributed by atoms with Crippen LogP contribution in [0.5, 0.6) is 0 Å². The molecule has 8 heteroatoms. The average Bonchev–Trinajstić information content (AvgIpc) is 3.04. The SMILES string of the molecule is COC(=O)CSc1nc2sc3c(c2c(=O)n1-c1ccccc1F)CC[C@H](C)C3. The predicted molar refractivity (Wildman–Crippen MR) is 109 cm³/mol. The van der Waals surface area contributed by atoms with Gasteiger partial charge in [0.1, 0.15) is 10.6 Å². The van der Waals surface area contributed by atoms with Gasteiger partial charge in [0.15, 0.2) is 5.16 Å². The minimum atomic E-state index is -0.511. The van der Waals surface area contributed by atoms with Crippen molar-refractivity contribution in [2.24, 2.45) is 5.92 Å². The lowest BCUT2D eigenvalue weighted by molar-refractivity contribution is -0.137. The summed E-state index contributed by atoms with van der Waals surface area (Å²) in [5.41, 5.74) is 0.901. The Morgan fingerprint density at radius 1 is 1.43 bits per heavy atom. The van der Waals surface area contributed by atoms with Crippen molar-refractivity contribution in [2.45, 2.75) is 31.3 Å². The fraction of sp³-hybridized carbons (Fsp3) is 0.350. The van der Waals surface area contributed by atoms with E-state index < -0.39 is 11.8 Å². The van der Waals surface area contributed by atoms with Crippen LogP contribution < -0.4 is 5.56 Å². The number of hydrogen-bond acceptors (Lipinski definition) is 6. The Labute approximate surface area is 169 Å². The number of aryl methyl sites for hydroxylation is 1. The van der Waals surface area contributed by atoms with Crippen LogP contribution in [0, 0.1) is 11.7 Å². The number of thiophene rings is 1. The van der Waals surface area contributed by atoms with Crippen molar-refractivity contribution >= 4 is 39.3 Å². The molecule has 2 aromatic heterocycles. The van der Waals surface area contributed by atoms with E-state index in [9.17, 15) is 14.0 Å². The first-order chi connectivity index (χ1) is 13.5. The summed E-state index contributed by atoms with van der Waals surface area (Å²) in [6, 6.07) is 6.11. The molecule has 146 valence electrons. The molecule has 4 rings (SSSR count). The molecule has 0 aliphatic heterocycles.